The molecule has 1 aliphatic carbocycles. The molecule has 0 atom stereocenters. The highest BCUT2D eigenvalue weighted by Crippen LogP contribution is 2.28. The Balaban J connectivity index is 1.77. The van der Waals surface area contributed by atoms with Crippen molar-refractivity contribution >= 4 is 17.9 Å². The molecule has 9 heteroatoms. The predicted molar refractivity (Wildman–Crippen MR) is 88.4 cm³/mol. The smallest absolute Gasteiger partial charge is 0.359 e. The molecule has 1 aliphatic rings. The molecular formula is C17H17FN4O4. The van der Waals surface area contributed by atoms with Crippen molar-refractivity contribution in [2.45, 2.75) is 19.3 Å². The van der Waals surface area contributed by atoms with Gasteiger partial charge in [0, 0.05) is 18.3 Å². The number of imide groups is 1. The second-order valence-corrected chi connectivity index (χ2v) is 5.72. The first-order chi connectivity index (χ1) is 12.5. The number of fused-ring (bicyclic) bond motifs is 1. The van der Waals surface area contributed by atoms with Gasteiger partial charge in [-0.15, -0.1) is 0 Å². The van der Waals surface area contributed by atoms with Gasteiger partial charge >= 0.3 is 12.0 Å². The molecule has 3 rings (SSSR count). The molecule has 2 N–H and O–H groups in total. The molecule has 0 bridgehead atoms. The molecule has 0 saturated heterocycles. The molecule has 0 fully saturated rings. The molecule has 0 aliphatic heterocycles. The topological polar surface area (TPSA) is 102 Å². The zero-order chi connectivity index (χ0) is 18.7. The normalized spacial score (nSPS) is 12.4. The number of amides is 3. The van der Waals surface area contributed by atoms with Crippen LogP contribution in [0.15, 0.2) is 24.3 Å². The van der Waals surface area contributed by atoms with Crippen LogP contribution in [-0.2, 0) is 22.4 Å². The number of nitrogens with zero attached hydrogens (tertiary/aromatic N) is 2. The molecule has 1 aromatic carbocycles. The molecule has 0 unspecified atom stereocenters. The van der Waals surface area contributed by atoms with Crippen LogP contribution in [0.4, 0.5) is 9.18 Å². The van der Waals surface area contributed by atoms with Gasteiger partial charge in [-0.3, -0.25) is 10.1 Å². The van der Waals surface area contributed by atoms with Crippen molar-refractivity contribution in [1.29, 1.82) is 0 Å². The van der Waals surface area contributed by atoms with E-state index in [9.17, 15) is 18.8 Å². The van der Waals surface area contributed by atoms with E-state index in [0.29, 0.717) is 12.1 Å². The molecule has 1 heterocycles. The van der Waals surface area contributed by atoms with Crippen molar-refractivity contribution in [2.24, 2.45) is 0 Å². The fourth-order valence-corrected chi connectivity index (χ4v) is 2.82. The fraction of sp³-hybridized carbons (Fsp3) is 0.294. The Kier molecular flexibility index (Phi) is 4.97. The van der Waals surface area contributed by atoms with E-state index in [0.717, 1.165) is 24.1 Å². The van der Waals surface area contributed by atoms with Crippen LogP contribution in [-0.4, -0.2) is 41.3 Å². The third-order valence-electron chi connectivity index (χ3n) is 4.01. The molecule has 2 aromatic rings. The Bertz CT molecular complexity index is 860. The zero-order valence-electron chi connectivity index (χ0n) is 14.0. The van der Waals surface area contributed by atoms with Crippen molar-refractivity contribution in [1.82, 2.24) is 20.4 Å². The lowest BCUT2D eigenvalue weighted by Gasteiger charge is -2.05. The van der Waals surface area contributed by atoms with Crippen LogP contribution in [0.3, 0.4) is 0 Å². The van der Waals surface area contributed by atoms with Crippen LogP contribution in [0.2, 0.25) is 0 Å². The van der Waals surface area contributed by atoms with Crippen molar-refractivity contribution in [2.75, 3.05) is 13.7 Å². The number of esters is 1. The maximum Gasteiger partial charge on any atom is 0.359 e. The number of aromatic nitrogens is 2. The Morgan fingerprint density at radius 1 is 1.23 bits per heavy atom. The number of hydrogen-bond acceptors (Lipinski definition) is 5. The molecule has 136 valence electrons. The minimum absolute atomic E-state index is 0.134. The number of carbonyl (C=O) groups is 3. The van der Waals surface area contributed by atoms with E-state index in [4.69, 9.17) is 4.74 Å². The second-order valence-electron chi connectivity index (χ2n) is 5.72. The van der Waals surface area contributed by atoms with Gasteiger partial charge in [-0.1, -0.05) is 0 Å². The fourth-order valence-electron chi connectivity index (χ4n) is 2.82. The van der Waals surface area contributed by atoms with Gasteiger partial charge in [0.15, 0.2) is 12.3 Å². The number of halogens is 1. The molecule has 3 amide bonds. The van der Waals surface area contributed by atoms with Crippen LogP contribution in [0, 0.1) is 5.82 Å². The summed E-state index contributed by atoms with van der Waals surface area (Å²) in [6.07, 6.45) is 2.28. The lowest BCUT2D eigenvalue weighted by molar-refractivity contribution is -0.123. The standard InChI is InChI=1S/C17H17FN4O4/c1-19-17(25)20-14(23)9-26-16(24)15-12-3-2-4-13(12)22(21-15)11-7-5-10(18)6-8-11/h5-8H,2-4,9H2,1H3,(H2,19,20,23,25). The van der Waals surface area contributed by atoms with E-state index >= 15 is 0 Å². The third kappa shape index (κ3) is 3.56. The Morgan fingerprint density at radius 2 is 1.96 bits per heavy atom. The summed E-state index contributed by atoms with van der Waals surface area (Å²) in [6.45, 7) is -0.593. The first-order valence-electron chi connectivity index (χ1n) is 8.05. The number of urea groups is 1. The molecular weight excluding hydrogens is 343 g/mol. The number of hydrogen-bond donors (Lipinski definition) is 2. The van der Waals surface area contributed by atoms with Crippen molar-refractivity contribution in [3.63, 3.8) is 0 Å². The first kappa shape index (κ1) is 17.6. The highest BCUT2D eigenvalue weighted by atomic mass is 19.1. The highest BCUT2D eigenvalue weighted by Gasteiger charge is 2.28. The van der Waals surface area contributed by atoms with E-state index in [1.807, 2.05) is 5.32 Å². The minimum atomic E-state index is -0.743. The van der Waals surface area contributed by atoms with E-state index in [1.54, 1.807) is 16.8 Å². The average molecular weight is 360 g/mol. The van der Waals surface area contributed by atoms with Gasteiger partial charge in [-0.2, -0.15) is 5.10 Å². The van der Waals surface area contributed by atoms with Crippen LogP contribution >= 0.6 is 0 Å². The third-order valence-corrected chi connectivity index (χ3v) is 4.01. The molecule has 0 spiro atoms. The van der Waals surface area contributed by atoms with Crippen molar-refractivity contribution in [3.8, 4) is 5.69 Å². The lowest BCUT2D eigenvalue weighted by atomic mass is 10.2. The Morgan fingerprint density at radius 3 is 2.65 bits per heavy atom. The summed E-state index contributed by atoms with van der Waals surface area (Å²) < 4.78 is 19.7. The summed E-state index contributed by atoms with van der Waals surface area (Å²) in [4.78, 5) is 34.9. The summed E-state index contributed by atoms with van der Waals surface area (Å²) in [5.74, 6) is -1.84. The SMILES string of the molecule is CNC(=O)NC(=O)COC(=O)c1nn(-c2ccc(F)cc2)c2c1CCC2. The van der Waals surface area contributed by atoms with Crippen LogP contribution in [0.1, 0.15) is 28.2 Å². The first-order valence-corrected chi connectivity index (χ1v) is 8.05. The molecule has 8 nitrogen and oxygen atoms in total. The van der Waals surface area contributed by atoms with Gasteiger partial charge in [0.1, 0.15) is 5.82 Å². The number of carbonyl (C=O) groups excluding carboxylic acids is 3. The quantitative estimate of drug-likeness (QED) is 0.796. The maximum absolute atomic E-state index is 13.1. The highest BCUT2D eigenvalue weighted by molar-refractivity contribution is 5.96. The Hall–Kier alpha value is -3.23. The number of ether oxygens (including phenoxy) is 1. The molecule has 26 heavy (non-hydrogen) atoms. The van der Waals surface area contributed by atoms with Gasteiger partial charge < -0.3 is 10.1 Å². The summed E-state index contributed by atoms with van der Waals surface area (Å²) in [5, 5.41) is 8.51. The zero-order valence-corrected chi connectivity index (χ0v) is 14.0. The van der Waals surface area contributed by atoms with Crippen LogP contribution in [0.5, 0.6) is 0 Å². The van der Waals surface area contributed by atoms with Gasteiger partial charge in [0.25, 0.3) is 5.91 Å². The summed E-state index contributed by atoms with van der Waals surface area (Å²) in [5.41, 5.74) is 2.42. The van der Waals surface area contributed by atoms with E-state index < -0.39 is 24.5 Å². The van der Waals surface area contributed by atoms with E-state index in [1.165, 1.54) is 19.2 Å². The van der Waals surface area contributed by atoms with Crippen molar-refractivity contribution in [3.05, 3.63) is 47.0 Å². The number of rotatable bonds is 4. The van der Waals surface area contributed by atoms with Gasteiger partial charge in [-0.25, -0.2) is 18.7 Å². The lowest BCUT2D eigenvalue weighted by Crippen LogP contribution is -2.39. The largest absolute Gasteiger partial charge is 0.451 e. The van der Waals surface area contributed by atoms with Crippen LogP contribution in [0.25, 0.3) is 5.69 Å². The van der Waals surface area contributed by atoms with E-state index in [-0.39, 0.29) is 11.5 Å². The monoisotopic (exact) mass is 360 g/mol. The number of nitrogens with one attached hydrogen (secondary N) is 2. The maximum atomic E-state index is 13.1. The van der Waals surface area contributed by atoms with Gasteiger partial charge in [0.2, 0.25) is 0 Å². The van der Waals surface area contributed by atoms with Gasteiger partial charge in [0.05, 0.1) is 5.69 Å². The van der Waals surface area contributed by atoms with Crippen molar-refractivity contribution < 1.29 is 23.5 Å². The summed E-state index contributed by atoms with van der Waals surface area (Å²) in [6, 6.07) is 5.10. The molecule has 0 saturated carbocycles. The summed E-state index contributed by atoms with van der Waals surface area (Å²) in [7, 11) is 1.36. The van der Waals surface area contributed by atoms with E-state index in [2.05, 4.69) is 10.4 Å². The number of benzene rings is 1. The summed E-state index contributed by atoms with van der Waals surface area (Å²) >= 11 is 0. The molecule has 0 radical (unpaired) electrons. The molecule has 1 aromatic heterocycles. The predicted octanol–water partition coefficient (Wildman–Crippen LogP) is 1.11. The average Bonchev–Trinajstić information content (AvgIpc) is 3.23. The van der Waals surface area contributed by atoms with Gasteiger partial charge in [-0.05, 0) is 43.5 Å². The van der Waals surface area contributed by atoms with Crippen LogP contribution < -0.4 is 10.6 Å². The minimum Gasteiger partial charge on any atom is -0.451 e. The Labute approximate surface area is 148 Å². The second kappa shape index (κ2) is 7.34.